The molecule has 0 unspecified atom stereocenters. The van der Waals surface area contributed by atoms with E-state index in [4.69, 9.17) is 0 Å². The van der Waals surface area contributed by atoms with Crippen molar-refractivity contribution < 1.29 is 0 Å². The highest BCUT2D eigenvalue weighted by Gasteiger charge is 1.56. The molecule has 0 fully saturated rings. The fraction of sp³-hybridized carbons (Fsp3) is 1.00. The van der Waals surface area contributed by atoms with Gasteiger partial charge in [-0.05, 0) is 0 Å². The first-order valence-electron chi connectivity index (χ1n) is 1.91. The first-order valence-corrected chi connectivity index (χ1v) is 1.91. The summed E-state index contributed by atoms with van der Waals surface area (Å²) in [5, 5.41) is 0. The van der Waals surface area contributed by atoms with Gasteiger partial charge in [0.05, 0.1) is 0 Å². The highest BCUT2D eigenvalue weighted by Crippen LogP contribution is 1.76. The predicted molar refractivity (Wildman–Crippen MR) is 35.1 cm³/mol. The summed E-state index contributed by atoms with van der Waals surface area (Å²) < 4.78 is 0. The van der Waals surface area contributed by atoms with Crippen LogP contribution in [0.25, 0.3) is 0 Å². The molecule has 0 aromatic carbocycles. The lowest BCUT2D eigenvalue weighted by atomic mass is 10.4. The van der Waals surface area contributed by atoms with E-state index in [2.05, 4.69) is 13.8 Å². The van der Waals surface area contributed by atoms with Crippen molar-refractivity contribution in [2.45, 2.75) is 26.7 Å². The summed E-state index contributed by atoms with van der Waals surface area (Å²) in [6.07, 6.45) is 2.64. The van der Waals surface area contributed by atoms with Crippen LogP contribution >= 0.6 is 24.8 Å². The summed E-state index contributed by atoms with van der Waals surface area (Å²) in [7, 11) is 0. The summed E-state index contributed by atoms with van der Waals surface area (Å²) >= 11 is 0. The Bertz CT molecular complexity index is 7.51. The first kappa shape index (κ1) is 16.0. The van der Waals surface area contributed by atoms with Gasteiger partial charge < -0.3 is 0 Å². The molecule has 0 aromatic heterocycles. The quantitative estimate of drug-likeness (QED) is 0.513. The van der Waals surface area contributed by atoms with E-state index >= 15 is 0 Å². The summed E-state index contributed by atoms with van der Waals surface area (Å²) in [6, 6.07) is 0. The van der Waals surface area contributed by atoms with Crippen LogP contribution in [0.5, 0.6) is 0 Å². The lowest BCUT2D eigenvalue weighted by Crippen LogP contribution is -1.47. The first-order chi connectivity index (χ1) is 1.91. The van der Waals surface area contributed by atoms with E-state index in [0.717, 1.165) is 0 Å². The Morgan fingerprint density at radius 2 is 1.00 bits per heavy atom. The minimum atomic E-state index is 0. The summed E-state index contributed by atoms with van der Waals surface area (Å²) in [5.41, 5.74) is 0. The van der Waals surface area contributed by atoms with Gasteiger partial charge in [0.25, 0.3) is 0 Å². The molecule has 0 atom stereocenters. The van der Waals surface area contributed by atoms with Crippen molar-refractivity contribution >= 4 is 24.8 Å². The van der Waals surface area contributed by atoms with Crippen LogP contribution in [0.1, 0.15) is 26.7 Å². The molecule has 0 saturated carbocycles. The van der Waals surface area contributed by atoms with Gasteiger partial charge in [-0.3, -0.25) is 0 Å². The third kappa shape index (κ3) is 23.5. The molecular weight excluding hydrogens is 119 g/mol. The number of hydrogen-bond acceptors (Lipinski definition) is 0. The van der Waals surface area contributed by atoms with Gasteiger partial charge in [-0.2, -0.15) is 0 Å². The van der Waals surface area contributed by atoms with Crippen LogP contribution in [0.2, 0.25) is 0 Å². The Hall–Kier alpha value is 0.580. The maximum atomic E-state index is 2.18. The minimum absolute atomic E-state index is 0. The van der Waals surface area contributed by atoms with Crippen molar-refractivity contribution in [3.63, 3.8) is 0 Å². The standard InChI is InChI=1S/C4H10.2ClH/c1-3-4-2;;/h3-4H2,1-2H3;2*1H. The highest BCUT2D eigenvalue weighted by atomic mass is 35.5. The van der Waals surface area contributed by atoms with E-state index in [9.17, 15) is 0 Å². The number of rotatable bonds is 1. The van der Waals surface area contributed by atoms with E-state index in [1.165, 1.54) is 12.8 Å². The van der Waals surface area contributed by atoms with Gasteiger partial charge in [-0.15, -0.1) is 24.8 Å². The van der Waals surface area contributed by atoms with E-state index in [0.29, 0.717) is 0 Å². The van der Waals surface area contributed by atoms with Crippen LogP contribution in [0.15, 0.2) is 0 Å². The van der Waals surface area contributed by atoms with Crippen LogP contribution in [-0.4, -0.2) is 0 Å². The zero-order valence-corrected chi connectivity index (χ0v) is 5.86. The Balaban J connectivity index is -0.0000000450. The van der Waals surface area contributed by atoms with Crippen molar-refractivity contribution in [1.29, 1.82) is 0 Å². The van der Waals surface area contributed by atoms with Gasteiger partial charge in [-0.1, -0.05) is 26.7 Å². The lowest BCUT2D eigenvalue weighted by Gasteiger charge is -1.68. The number of hydrogen-bond donors (Lipinski definition) is 0. The molecule has 0 aromatic rings. The van der Waals surface area contributed by atoms with Gasteiger partial charge in [-0.25, -0.2) is 0 Å². The van der Waals surface area contributed by atoms with Crippen molar-refractivity contribution in [2.75, 3.05) is 0 Å². The van der Waals surface area contributed by atoms with Crippen LogP contribution < -0.4 is 0 Å². The minimum Gasteiger partial charge on any atom is -0.147 e. The SMILES string of the molecule is CCCC.Cl.Cl. The summed E-state index contributed by atoms with van der Waals surface area (Å²) in [5.74, 6) is 0. The topological polar surface area (TPSA) is 0 Å². The molecule has 0 rings (SSSR count). The van der Waals surface area contributed by atoms with Crippen LogP contribution in [-0.2, 0) is 0 Å². The van der Waals surface area contributed by atoms with Gasteiger partial charge in [0, 0.05) is 0 Å². The van der Waals surface area contributed by atoms with E-state index < -0.39 is 0 Å². The molecule has 0 amide bonds. The van der Waals surface area contributed by atoms with E-state index in [1.54, 1.807) is 0 Å². The second kappa shape index (κ2) is 17.6. The van der Waals surface area contributed by atoms with E-state index in [-0.39, 0.29) is 24.8 Å². The fourth-order valence-electron chi connectivity index (χ4n) is 0. The predicted octanol–water partition coefficient (Wildman–Crippen LogP) is 2.65. The molecule has 0 bridgehead atoms. The number of unbranched alkanes of at least 4 members (excludes halogenated alkanes) is 1. The molecule has 42 valence electrons. The van der Waals surface area contributed by atoms with Crippen LogP contribution in [0, 0.1) is 0 Å². The average molecular weight is 131 g/mol. The zero-order chi connectivity index (χ0) is 3.41. The third-order valence-electron chi connectivity index (χ3n) is 0.500. The summed E-state index contributed by atoms with van der Waals surface area (Å²) in [6.45, 7) is 4.36. The van der Waals surface area contributed by atoms with Crippen molar-refractivity contribution in [3.8, 4) is 0 Å². The third-order valence-corrected chi connectivity index (χ3v) is 0.500. The fourth-order valence-corrected chi connectivity index (χ4v) is 0. The van der Waals surface area contributed by atoms with Crippen molar-refractivity contribution in [1.82, 2.24) is 0 Å². The second-order valence-electron chi connectivity index (χ2n) is 1.000. The zero-order valence-electron chi connectivity index (χ0n) is 4.23. The molecule has 2 heteroatoms. The molecule has 0 aliphatic carbocycles. The average Bonchev–Trinajstić information content (AvgIpc) is 1.37. The highest BCUT2D eigenvalue weighted by molar-refractivity contribution is 5.85. The molecule has 0 spiro atoms. The maximum absolute atomic E-state index is 2.18. The van der Waals surface area contributed by atoms with Crippen LogP contribution in [0.3, 0.4) is 0 Å². The molecule has 0 radical (unpaired) electrons. The molecule has 0 N–H and O–H groups in total. The van der Waals surface area contributed by atoms with Gasteiger partial charge in [0.15, 0.2) is 0 Å². The molecule has 0 saturated heterocycles. The normalized spacial score (nSPS) is 5.00. The van der Waals surface area contributed by atoms with Gasteiger partial charge >= 0.3 is 0 Å². The lowest BCUT2D eigenvalue weighted by molar-refractivity contribution is 0.886. The Morgan fingerprint density at radius 1 is 0.833 bits per heavy atom. The van der Waals surface area contributed by atoms with Crippen LogP contribution in [0.4, 0.5) is 0 Å². The largest absolute Gasteiger partial charge is 0.147 e. The molecular formula is C4H12Cl2. The van der Waals surface area contributed by atoms with Gasteiger partial charge in [0.1, 0.15) is 0 Å². The molecule has 6 heavy (non-hydrogen) atoms. The van der Waals surface area contributed by atoms with Crippen molar-refractivity contribution in [3.05, 3.63) is 0 Å². The monoisotopic (exact) mass is 130 g/mol. The molecule has 0 nitrogen and oxygen atoms in total. The number of halogens is 2. The Labute approximate surface area is 52.1 Å². The Kier molecular flexibility index (Phi) is 46.8. The smallest absolute Gasteiger partial charge is 0.0564 e. The molecule has 0 aliphatic rings. The van der Waals surface area contributed by atoms with E-state index in [1.807, 2.05) is 0 Å². The maximum Gasteiger partial charge on any atom is -0.0564 e. The van der Waals surface area contributed by atoms with Gasteiger partial charge in [0.2, 0.25) is 0 Å². The Morgan fingerprint density at radius 3 is 1.00 bits per heavy atom. The summed E-state index contributed by atoms with van der Waals surface area (Å²) in [4.78, 5) is 0. The second-order valence-corrected chi connectivity index (χ2v) is 1.000. The van der Waals surface area contributed by atoms with Crippen molar-refractivity contribution in [2.24, 2.45) is 0 Å². The molecule has 0 aliphatic heterocycles. The molecule has 0 heterocycles.